The zero-order valence-corrected chi connectivity index (χ0v) is 12.6. The van der Waals surface area contributed by atoms with Crippen molar-refractivity contribution < 1.29 is 19.4 Å². The third-order valence-electron chi connectivity index (χ3n) is 3.42. The summed E-state index contributed by atoms with van der Waals surface area (Å²) < 4.78 is 11.0. The number of carboxylic acids is 1. The summed E-state index contributed by atoms with van der Waals surface area (Å²) in [6, 6.07) is 12.1. The Hall–Kier alpha value is -3.02. The highest BCUT2D eigenvalue weighted by Gasteiger charge is 2.12. The number of aromatic carboxylic acids is 1. The SMILES string of the molecule is C/C(=N\Nc1cccc(C(=O)O)c1)c1ccc2c(c1)OCCO2. The van der Waals surface area contributed by atoms with E-state index < -0.39 is 5.97 Å². The summed E-state index contributed by atoms with van der Waals surface area (Å²) in [5, 5.41) is 13.3. The predicted molar refractivity (Wildman–Crippen MR) is 86.7 cm³/mol. The van der Waals surface area contributed by atoms with Crippen LogP contribution in [0.5, 0.6) is 11.5 Å². The van der Waals surface area contributed by atoms with Crippen molar-refractivity contribution in [3.8, 4) is 11.5 Å². The van der Waals surface area contributed by atoms with E-state index in [-0.39, 0.29) is 5.56 Å². The first kappa shape index (κ1) is 14.9. The molecule has 1 aliphatic rings. The zero-order chi connectivity index (χ0) is 16.2. The maximum Gasteiger partial charge on any atom is 0.335 e. The molecule has 0 atom stereocenters. The van der Waals surface area contributed by atoms with Crippen molar-refractivity contribution in [3.63, 3.8) is 0 Å². The third kappa shape index (κ3) is 3.42. The van der Waals surface area contributed by atoms with E-state index in [2.05, 4.69) is 10.5 Å². The van der Waals surface area contributed by atoms with Crippen molar-refractivity contribution >= 4 is 17.4 Å². The number of ether oxygens (including phenoxy) is 2. The molecule has 6 nitrogen and oxygen atoms in total. The lowest BCUT2D eigenvalue weighted by Gasteiger charge is -2.18. The van der Waals surface area contributed by atoms with Gasteiger partial charge in [-0.3, -0.25) is 5.43 Å². The van der Waals surface area contributed by atoms with Crippen LogP contribution in [0.2, 0.25) is 0 Å². The largest absolute Gasteiger partial charge is 0.486 e. The van der Waals surface area contributed by atoms with Gasteiger partial charge in [-0.1, -0.05) is 6.07 Å². The van der Waals surface area contributed by atoms with Crippen molar-refractivity contribution in [2.75, 3.05) is 18.6 Å². The molecule has 2 N–H and O–H groups in total. The summed E-state index contributed by atoms with van der Waals surface area (Å²) >= 11 is 0. The fraction of sp³-hybridized carbons (Fsp3) is 0.176. The normalized spacial score (nSPS) is 13.5. The summed E-state index contributed by atoms with van der Waals surface area (Å²) in [6.45, 7) is 2.95. The quantitative estimate of drug-likeness (QED) is 0.670. The first-order chi connectivity index (χ1) is 11.1. The minimum Gasteiger partial charge on any atom is -0.486 e. The Bertz CT molecular complexity index is 771. The molecule has 1 heterocycles. The second-order valence-electron chi connectivity index (χ2n) is 5.05. The van der Waals surface area contributed by atoms with Crippen molar-refractivity contribution in [1.29, 1.82) is 0 Å². The average molecular weight is 312 g/mol. The minimum atomic E-state index is -0.971. The topological polar surface area (TPSA) is 80.2 Å². The van der Waals surface area contributed by atoms with Gasteiger partial charge < -0.3 is 14.6 Å². The molecule has 0 unspecified atom stereocenters. The standard InChI is InChI=1S/C17H16N2O4/c1-11(12-5-6-15-16(10-12)23-8-7-22-15)18-19-14-4-2-3-13(9-14)17(20)21/h2-6,9-10,19H,7-8H2,1H3,(H,20,21)/b18-11+. The second kappa shape index (κ2) is 6.39. The fourth-order valence-corrected chi connectivity index (χ4v) is 2.20. The van der Waals surface area contributed by atoms with Crippen LogP contribution in [0.25, 0.3) is 0 Å². The number of benzene rings is 2. The molecule has 3 rings (SSSR count). The Kier molecular flexibility index (Phi) is 4.14. The summed E-state index contributed by atoms with van der Waals surface area (Å²) in [7, 11) is 0. The van der Waals surface area contributed by atoms with E-state index in [1.165, 1.54) is 12.1 Å². The molecule has 0 aliphatic carbocycles. The van der Waals surface area contributed by atoms with Crippen LogP contribution in [0.3, 0.4) is 0 Å². The highest BCUT2D eigenvalue weighted by atomic mass is 16.6. The van der Waals surface area contributed by atoms with Gasteiger partial charge in [0.1, 0.15) is 13.2 Å². The van der Waals surface area contributed by atoms with Gasteiger partial charge in [0, 0.05) is 5.56 Å². The van der Waals surface area contributed by atoms with Crippen LogP contribution in [-0.4, -0.2) is 30.0 Å². The third-order valence-corrected chi connectivity index (χ3v) is 3.42. The minimum absolute atomic E-state index is 0.210. The van der Waals surface area contributed by atoms with Gasteiger partial charge >= 0.3 is 5.97 Å². The van der Waals surface area contributed by atoms with Gasteiger partial charge in [0.15, 0.2) is 11.5 Å². The maximum atomic E-state index is 11.0. The highest BCUT2D eigenvalue weighted by Crippen LogP contribution is 2.30. The second-order valence-corrected chi connectivity index (χ2v) is 5.05. The van der Waals surface area contributed by atoms with E-state index in [1.807, 2.05) is 25.1 Å². The number of hydrazone groups is 1. The van der Waals surface area contributed by atoms with Gasteiger partial charge in [0.05, 0.1) is 17.0 Å². The lowest BCUT2D eigenvalue weighted by atomic mass is 10.1. The lowest BCUT2D eigenvalue weighted by molar-refractivity contribution is 0.0697. The number of rotatable bonds is 4. The van der Waals surface area contributed by atoms with E-state index in [0.717, 1.165) is 17.0 Å². The van der Waals surface area contributed by atoms with Gasteiger partial charge in [-0.25, -0.2) is 4.79 Å². The number of carboxylic acid groups (broad SMARTS) is 1. The van der Waals surface area contributed by atoms with Crippen LogP contribution < -0.4 is 14.9 Å². The Balaban J connectivity index is 1.77. The average Bonchev–Trinajstić information content (AvgIpc) is 2.59. The number of nitrogens with zero attached hydrogens (tertiary/aromatic N) is 1. The number of anilines is 1. The molecule has 0 radical (unpaired) electrons. The van der Waals surface area contributed by atoms with Crippen LogP contribution in [0.1, 0.15) is 22.8 Å². The molecular formula is C17H16N2O4. The maximum absolute atomic E-state index is 11.0. The van der Waals surface area contributed by atoms with Gasteiger partial charge in [0.25, 0.3) is 0 Å². The molecule has 6 heteroatoms. The number of nitrogens with one attached hydrogen (secondary N) is 1. The smallest absolute Gasteiger partial charge is 0.335 e. The highest BCUT2D eigenvalue weighted by molar-refractivity contribution is 5.99. The Labute approximate surface area is 133 Å². The monoisotopic (exact) mass is 312 g/mol. The first-order valence-corrected chi connectivity index (χ1v) is 7.17. The number of hydrogen-bond acceptors (Lipinski definition) is 5. The van der Waals surface area contributed by atoms with Crippen LogP contribution in [0.4, 0.5) is 5.69 Å². The van der Waals surface area contributed by atoms with E-state index >= 15 is 0 Å². The van der Waals surface area contributed by atoms with Gasteiger partial charge in [-0.05, 0) is 43.3 Å². The van der Waals surface area contributed by atoms with Crippen LogP contribution >= 0.6 is 0 Å². The van der Waals surface area contributed by atoms with Crippen LogP contribution in [0, 0.1) is 0 Å². The van der Waals surface area contributed by atoms with E-state index in [4.69, 9.17) is 14.6 Å². The summed E-state index contributed by atoms with van der Waals surface area (Å²) in [6.07, 6.45) is 0. The number of hydrogen-bond donors (Lipinski definition) is 2. The molecule has 0 saturated heterocycles. The first-order valence-electron chi connectivity index (χ1n) is 7.17. The molecule has 2 aromatic carbocycles. The van der Waals surface area contributed by atoms with Crippen LogP contribution in [0.15, 0.2) is 47.6 Å². The Morgan fingerprint density at radius 3 is 2.65 bits per heavy atom. The molecule has 0 spiro atoms. The Morgan fingerprint density at radius 1 is 1.09 bits per heavy atom. The number of fused-ring (bicyclic) bond motifs is 1. The van der Waals surface area contributed by atoms with Crippen LogP contribution in [-0.2, 0) is 0 Å². The molecule has 0 aromatic heterocycles. The molecule has 0 bridgehead atoms. The van der Waals surface area contributed by atoms with Crippen molar-refractivity contribution in [2.24, 2.45) is 5.10 Å². The fourth-order valence-electron chi connectivity index (χ4n) is 2.20. The molecule has 23 heavy (non-hydrogen) atoms. The number of carbonyl (C=O) groups is 1. The Morgan fingerprint density at radius 2 is 1.87 bits per heavy atom. The van der Waals surface area contributed by atoms with Gasteiger partial charge in [-0.2, -0.15) is 5.10 Å². The van der Waals surface area contributed by atoms with E-state index in [1.54, 1.807) is 12.1 Å². The zero-order valence-electron chi connectivity index (χ0n) is 12.6. The summed E-state index contributed by atoms with van der Waals surface area (Å²) in [4.78, 5) is 11.0. The molecule has 2 aromatic rings. The van der Waals surface area contributed by atoms with Gasteiger partial charge in [0.2, 0.25) is 0 Å². The molecule has 1 aliphatic heterocycles. The van der Waals surface area contributed by atoms with Crippen molar-refractivity contribution in [1.82, 2.24) is 0 Å². The summed E-state index contributed by atoms with van der Waals surface area (Å²) in [5.74, 6) is 0.465. The predicted octanol–water partition coefficient (Wildman–Crippen LogP) is 2.99. The van der Waals surface area contributed by atoms with Gasteiger partial charge in [-0.15, -0.1) is 0 Å². The van der Waals surface area contributed by atoms with E-state index in [9.17, 15) is 4.79 Å². The lowest BCUT2D eigenvalue weighted by Crippen LogP contribution is -2.15. The van der Waals surface area contributed by atoms with E-state index in [0.29, 0.717) is 24.7 Å². The molecule has 0 amide bonds. The molecule has 0 saturated carbocycles. The summed E-state index contributed by atoms with van der Waals surface area (Å²) in [5.41, 5.74) is 5.35. The molecular weight excluding hydrogens is 296 g/mol. The molecule has 118 valence electrons. The molecule has 0 fully saturated rings. The van der Waals surface area contributed by atoms with Crippen molar-refractivity contribution in [3.05, 3.63) is 53.6 Å². The van der Waals surface area contributed by atoms with Crippen molar-refractivity contribution in [2.45, 2.75) is 6.92 Å².